The van der Waals surface area contributed by atoms with E-state index in [1.165, 1.54) is 0 Å². The summed E-state index contributed by atoms with van der Waals surface area (Å²) in [5, 5.41) is 5.58. The second-order valence-electron chi connectivity index (χ2n) is 4.61. The monoisotopic (exact) mass is 228 g/mol. The molecule has 4 nitrogen and oxygen atoms in total. The van der Waals surface area contributed by atoms with Crippen molar-refractivity contribution in [2.45, 2.75) is 31.7 Å². The second kappa shape index (κ2) is 4.04. The molecular weight excluding hydrogens is 212 g/mol. The van der Waals surface area contributed by atoms with Gasteiger partial charge in [0.2, 0.25) is 11.8 Å². The van der Waals surface area contributed by atoms with E-state index in [2.05, 4.69) is 23.3 Å². The lowest BCUT2D eigenvalue weighted by atomic mass is 10.0. The molecule has 0 bridgehead atoms. The van der Waals surface area contributed by atoms with E-state index in [4.69, 9.17) is 0 Å². The van der Waals surface area contributed by atoms with Gasteiger partial charge in [0.05, 0.1) is 6.04 Å². The molecule has 15 heavy (non-hydrogen) atoms. The highest BCUT2D eigenvalue weighted by Crippen LogP contribution is 2.49. The predicted octanol–water partition coefficient (Wildman–Crippen LogP) is 0.0912. The maximum Gasteiger partial charge on any atom is 0.222 e. The number of hydrogen-bond acceptors (Lipinski definition) is 3. The van der Waals surface area contributed by atoms with Gasteiger partial charge in [-0.25, -0.2) is 0 Å². The first-order chi connectivity index (χ1) is 7.13. The lowest BCUT2D eigenvalue weighted by Crippen LogP contribution is -2.37. The molecule has 84 valence electrons. The van der Waals surface area contributed by atoms with Crippen LogP contribution in [0, 0.1) is 5.41 Å². The smallest absolute Gasteiger partial charge is 0.222 e. The SMILES string of the molecule is O=C1CC(NC(=O)CC2(CS)CC2)CN1. The van der Waals surface area contributed by atoms with Crippen LogP contribution in [0.25, 0.3) is 0 Å². The second-order valence-corrected chi connectivity index (χ2v) is 4.92. The van der Waals surface area contributed by atoms with E-state index in [-0.39, 0.29) is 23.3 Å². The van der Waals surface area contributed by atoms with Crippen LogP contribution in [0.2, 0.25) is 0 Å². The third-order valence-corrected chi connectivity index (χ3v) is 3.84. The van der Waals surface area contributed by atoms with Crippen LogP contribution in [0.1, 0.15) is 25.7 Å². The quantitative estimate of drug-likeness (QED) is 0.597. The molecule has 1 saturated heterocycles. The summed E-state index contributed by atoms with van der Waals surface area (Å²) in [5.41, 5.74) is 0.156. The Kier molecular flexibility index (Phi) is 2.91. The van der Waals surface area contributed by atoms with Crippen molar-refractivity contribution in [3.8, 4) is 0 Å². The lowest BCUT2D eigenvalue weighted by molar-refractivity contribution is -0.122. The van der Waals surface area contributed by atoms with Crippen molar-refractivity contribution in [2.75, 3.05) is 12.3 Å². The topological polar surface area (TPSA) is 58.2 Å². The average Bonchev–Trinajstić information content (AvgIpc) is 2.84. The van der Waals surface area contributed by atoms with Gasteiger partial charge in [0.15, 0.2) is 0 Å². The van der Waals surface area contributed by atoms with Crippen LogP contribution in [0.4, 0.5) is 0 Å². The van der Waals surface area contributed by atoms with Gasteiger partial charge in [-0.15, -0.1) is 0 Å². The predicted molar refractivity (Wildman–Crippen MR) is 59.7 cm³/mol. The van der Waals surface area contributed by atoms with E-state index in [1.54, 1.807) is 0 Å². The van der Waals surface area contributed by atoms with Crippen LogP contribution in [-0.2, 0) is 9.59 Å². The van der Waals surface area contributed by atoms with Crippen molar-refractivity contribution in [2.24, 2.45) is 5.41 Å². The highest BCUT2D eigenvalue weighted by atomic mass is 32.1. The zero-order chi connectivity index (χ0) is 10.9. The molecule has 1 heterocycles. The summed E-state index contributed by atoms with van der Waals surface area (Å²) < 4.78 is 0. The van der Waals surface area contributed by atoms with Crippen molar-refractivity contribution in [1.82, 2.24) is 10.6 Å². The lowest BCUT2D eigenvalue weighted by Gasteiger charge is -2.14. The number of carbonyl (C=O) groups excluding carboxylic acids is 2. The first kappa shape index (κ1) is 10.8. The Hall–Kier alpha value is -0.710. The van der Waals surface area contributed by atoms with E-state index in [0.717, 1.165) is 18.6 Å². The highest BCUT2D eigenvalue weighted by molar-refractivity contribution is 7.80. The van der Waals surface area contributed by atoms with Gasteiger partial charge in [-0.3, -0.25) is 9.59 Å². The molecule has 1 atom stereocenters. The van der Waals surface area contributed by atoms with Crippen molar-refractivity contribution < 1.29 is 9.59 Å². The fourth-order valence-corrected chi connectivity index (χ4v) is 2.32. The van der Waals surface area contributed by atoms with Gasteiger partial charge in [0.25, 0.3) is 0 Å². The number of rotatable bonds is 4. The molecule has 2 rings (SSSR count). The number of hydrogen-bond donors (Lipinski definition) is 3. The summed E-state index contributed by atoms with van der Waals surface area (Å²) in [6, 6.07) is -0.0132. The Bertz CT molecular complexity index is 289. The van der Waals surface area contributed by atoms with Crippen molar-refractivity contribution >= 4 is 24.4 Å². The molecule has 0 aromatic carbocycles. The summed E-state index contributed by atoms with van der Waals surface area (Å²) in [5.74, 6) is 0.862. The average molecular weight is 228 g/mol. The molecule has 2 aliphatic rings. The van der Waals surface area contributed by atoms with E-state index >= 15 is 0 Å². The number of nitrogens with one attached hydrogen (secondary N) is 2. The highest BCUT2D eigenvalue weighted by Gasteiger charge is 2.43. The van der Waals surface area contributed by atoms with Gasteiger partial charge < -0.3 is 10.6 Å². The van der Waals surface area contributed by atoms with Crippen molar-refractivity contribution in [3.63, 3.8) is 0 Å². The van der Waals surface area contributed by atoms with Crippen molar-refractivity contribution in [3.05, 3.63) is 0 Å². The molecule has 0 radical (unpaired) electrons. The van der Waals surface area contributed by atoms with E-state index in [1.807, 2.05) is 0 Å². The minimum atomic E-state index is -0.0132. The Balaban J connectivity index is 1.75. The molecule has 2 amide bonds. The number of carbonyl (C=O) groups is 2. The number of thiol groups is 1. The Morgan fingerprint density at radius 3 is 2.80 bits per heavy atom. The fourth-order valence-electron chi connectivity index (χ4n) is 1.89. The standard InChI is InChI=1S/C10H16N2O2S/c13-8-3-7(5-11-8)12-9(14)4-10(6-15)1-2-10/h7,15H,1-6H2,(H,11,13)(H,12,14). The van der Waals surface area contributed by atoms with Gasteiger partial charge in [-0.2, -0.15) is 12.6 Å². The molecule has 1 saturated carbocycles. The molecule has 0 spiro atoms. The third kappa shape index (κ3) is 2.65. The summed E-state index contributed by atoms with van der Waals surface area (Å²) in [6.45, 7) is 0.568. The largest absolute Gasteiger partial charge is 0.354 e. The number of amides is 2. The van der Waals surface area contributed by atoms with Crippen LogP contribution < -0.4 is 10.6 Å². The normalized spacial score (nSPS) is 27.3. The Morgan fingerprint density at radius 1 is 1.60 bits per heavy atom. The molecule has 1 aliphatic carbocycles. The minimum absolute atomic E-state index is 0.0132. The van der Waals surface area contributed by atoms with Crippen LogP contribution in [0.5, 0.6) is 0 Å². The van der Waals surface area contributed by atoms with Crippen LogP contribution in [0.15, 0.2) is 0 Å². The van der Waals surface area contributed by atoms with Crippen LogP contribution in [-0.4, -0.2) is 30.2 Å². The van der Waals surface area contributed by atoms with Gasteiger partial charge in [-0.05, 0) is 24.0 Å². The van der Waals surface area contributed by atoms with Gasteiger partial charge in [0, 0.05) is 19.4 Å². The first-order valence-electron chi connectivity index (χ1n) is 5.30. The Morgan fingerprint density at radius 2 is 2.33 bits per heavy atom. The summed E-state index contributed by atoms with van der Waals surface area (Å²) >= 11 is 4.25. The van der Waals surface area contributed by atoms with E-state index in [9.17, 15) is 9.59 Å². The minimum Gasteiger partial charge on any atom is -0.354 e. The van der Waals surface area contributed by atoms with Crippen LogP contribution >= 0.6 is 12.6 Å². The summed E-state index contributed by atoms with van der Waals surface area (Å²) in [4.78, 5) is 22.6. The first-order valence-corrected chi connectivity index (χ1v) is 5.94. The fraction of sp³-hybridized carbons (Fsp3) is 0.800. The van der Waals surface area contributed by atoms with E-state index < -0.39 is 0 Å². The zero-order valence-corrected chi connectivity index (χ0v) is 9.48. The summed E-state index contributed by atoms with van der Waals surface area (Å²) in [7, 11) is 0. The molecule has 1 aliphatic heterocycles. The Labute approximate surface area is 94.6 Å². The zero-order valence-electron chi connectivity index (χ0n) is 8.58. The maximum absolute atomic E-state index is 11.6. The third-order valence-electron chi connectivity index (χ3n) is 3.17. The van der Waals surface area contributed by atoms with Gasteiger partial charge in [0.1, 0.15) is 0 Å². The van der Waals surface area contributed by atoms with Gasteiger partial charge in [-0.1, -0.05) is 0 Å². The molecule has 0 aromatic heterocycles. The molecule has 2 fully saturated rings. The molecule has 5 heteroatoms. The molecule has 1 unspecified atom stereocenters. The van der Waals surface area contributed by atoms with Crippen molar-refractivity contribution in [1.29, 1.82) is 0 Å². The van der Waals surface area contributed by atoms with E-state index in [0.29, 0.717) is 19.4 Å². The molecular formula is C10H16N2O2S. The maximum atomic E-state index is 11.6. The summed E-state index contributed by atoms with van der Waals surface area (Å²) in [6.07, 6.45) is 3.18. The molecule has 0 aromatic rings. The van der Waals surface area contributed by atoms with Gasteiger partial charge >= 0.3 is 0 Å². The molecule has 2 N–H and O–H groups in total. The van der Waals surface area contributed by atoms with Crippen LogP contribution in [0.3, 0.4) is 0 Å².